The van der Waals surface area contributed by atoms with Gasteiger partial charge in [0.25, 0.3) is 0 Å². The van der Waals surface area contributed by atoms with E-state index < -0.39 is 0 Å². The number of rotatable bonds is 9. The number of hydrogen-bond acceptors (Lipinski definition) is 3. The third kappa shape index (κ3) is 6.71. The first-order valence-corrected chi connectivity index (χ1v) is 11.1. The molecule has 0 unspecified atom stereocenters. The van der Waals surface area contributed by atoms with Crippen molar-refractivity contribution in [2.75, 3.05) is 19.0 Å². The Morgan fingerprint density at radius 2 is 1.67 bits per heavy atom. The smallest absolute Gasteiger partial charge is 0.220 e. The monoisotopic (exact) mass is 449 g/mol. The third-order valence-electron chi connectivity index (χ3n) is 5.87. The van der Waals surface area contributed by atoms with E-state index in [-0.39, 0.29) is 23.9 Å². The SMILES string of the molecule is Cl.NCc1ccc(C2(NC(=O)CCCCCl)CCN(Cc3ccccc3)CC2)cc1. The highest BCUT2D eigenvalue weighted by Crippen LogP contribution is 2.34. The second-order valence-electron chi connectivity index (χ2n) is 7.94. The van der Waals surface area contributed by atoms with Gasteiger partial charge < -0.3 is 11.1 Å². The van der Waals surface area contributed by atoms with Crippen LogP contribution in [-0.2, 0) is 23.4 Å². The Morgan fingerprint density at radius 3 is 2.27 bits per heavy atom. The number of likely N-dealkylation sites (tertiary alicyclic amines) is 1. The summed E-state index contributed by atoms with van der Waals surface area (Å²) >= 11 is 5.76. The van der Waals surface area contributed by atoms with Crippen molar-refractivity contribution in [1.29, 1.82) is 0 Å². The summed E-state index contributed by atoms with van der Waals surface area (Å²) in [4.78, 5) is 15.1. The zero-order valence-electron chi connectivity index (χ0n) is 17.5. The number of nitrogens with one attached hydrogen (secondary N) is 1. The fourth-order valence-electron chi connectivity index (χ4n) is 4.09. The molecule has 30 heavy (non-hydrogen) atoms. The zero-order valence-corrected chi connectivity index (χ0v) is 19.1. The van der Waals surface area contributed by atoms with Gasteiger partial charge in [-0.1, -0.05) is 54.6 Å². The van der Waals surface area contributed by atoms with E-state index in [1.165, 1.54) is 11.1 Å². The molecule has 0 aliphatic carbocycles. The maximum Gasteiger partial charge on any atom is 0.220 e. The molecule has 0 radical (unpaired) electrons. The van der Waals surface area contributed by atoms with Crippen LogP contribution in [0.25, 0.3) is 0 Å². The molecule has 0 atom stereocenters. The largest absolute Gasteiger partial charge is 0.346 e. The van der Waals surface area contributed by atoms with Crippen LogP contribution < -0.4 is 11.1 Å². The predicted octanol–water partition coefficient (Wildman–Crippen LogP) is 4.58. The molecule has 6 heteroatoms. The summed E-state index contributed by atoms with van der Waals surface area (Å²) in [6, 6.07) is 19.0. The summed E-state index contributed by atoms with van der Waals surface area (Å²) in [5.74, 6) is 0.725. The highest BCUT2D eigenvalue weighted by molar-refractivity contribution is 6.17. The fourth-order valence-corrected chi connectivity index (χ4v) is 4.28. The molecule has 0 spiro atoms. The van der Waals surface area contributed by atoms with E-state index in [2.05, 4.69) is 64.8 Å². The quantitative estimate of drug-likeness (QED) is 0.434. The fraction of sp³-hybridized carbons (Fsp3) is 0.458. The molecular weight excluding hydrogens is 417 g/mol. The Kier molecular flexibility index (Phi) is 10.1. The van der Waals surface area contributed by atoms with E-state index in [4.69, 9.17) is 17.3 Å². The van der Waals surface area contributed by atoms with Crippen molar-refractivity contribution in [3.8, 4) is 0 Å². The summed E-state index contributed by atoms with van der Waals surface area (Å²) in [6.45, 7) is 3.39. The highest BCUT2D eigenvalue weighted by atomic mass is 35.5. The molecule has 0 saturated carbocycles. The molecule has 3 N–H and O–H groups in total. The first-order valence-electron chi connectivity index (χ1n) is 10.6. The number of alkyl halides is 1. The molecule has 1 saturated heterocycles. The van der Waals surface area contributed by atoms with Crippen LogP contribution in [0.5, 0.6) is 0 Å². The maximum absolute atomic E-state index is 12.7. The Labute approximate surface area is 191 Å². The molecular formula is C24H33Cl2N3O. The lowest BCUT2D eigenvalue weighted by molar-refractivity contribution is -0.124. The second-order valence-corrected chi connectivity index (χ2v) is 8.32. The van der Waals surface area contributed by atoms with Gasteiger partial charge in [-0.25, -0.2) is 0 Å². The van der Waals surface area contributed by atoms with Crippen LogP contribution >= 0.6 is 24.0 Å². The van der Waals surface area contributed by atoms with Crippen molar-refractivity contribution < 1.29 is 4.79 Å². The number of piperidine rings is 1. The molecule has 1 aliphatic rings. The minimum Gasteiger partial charge on any atom is -0.346 e. The number of halogens is 2. The van der Waals surface area contributed by atoms with Gasteiger partial charge in [0.15, 0.2) is 0 Å². The molecule has 164 valence electrons. The van der Waals surface area contributed by atoms with E-state index in [0.717, 1.165) is 50.9 Å². The van der Waals surface area contributed by atoms with Gasteiger partial charge in [0.05, 0.1) is 5.54 Å². The van der Waals surface area contributed by atoms with Crippen LogP contribution in [0.2, 0.25) is 0 Å². The second kappa shape index (κ2) is 12.3. The van der Waals surface area contributed by atoms with Crippen molar-refractivity contribution >= 4 is 29.9 Å². The Morgan fingerprint density at radius 1 is 1.00 bits per heavy atom. The summed E-state index contributed by atoms with van der Waals surface area (Å²) in [5.41, 5.74) is 9.08. The summed E-state index contributed by atoms with van der Waals surface area (Å²) in [5, 5.41) is 3.39. The lowest BCUT2D eigenvalue weighted by Crippen LogP contribution is -2.52. The van der Waals surface area contributed by atoms with Crippen LogP contribution in [0.3, 0.4) is 0 Å². The Hall–Kier alpha value is -1.59. The van der Waals surface area contributed by atoms with Gasteiger partial charge >= 0.3 is 0 Å². The van der Waals surface area contributed by atoms with Crippen LogP contribution in [0.4, 0.5) is 0 Å². The minimum atomic E-state index is -0.307. The number of carbonyl (C=O) groups is 1. The molecule has 2 aromatic rings. The first kappa shape index (κ1) is 24.7. The molecule has 4 nitrogen and oxygen atoms in total. The highest BCUT2D eigenvalue weighted by Gasteiger charge is 2.37. The maximum atomic E-state index is 12.7. The molecule has 3 rings (SSSR count). The van der Waals surface area contributed by atoms with E-state index in [0.29, 0.717) is 18.8 Å². The van der Waals surface area contributed by atoms with E-state index in [1.54, 1.807) is 0 Å². The van der Waals surface area contributed by atoms with Crippen LogP contribution in [0.1, 0.15) is 48.8 Å². The number of hydrogen-bond donors (Lipinski definition) is 2. The number of nitrogens with two attached hydrogens (primary N) is 1. The standard InChI is InChI=1S/C24H32ClN3O.ClH/c25-15-5-4-8-23(29)27-24(22-11-9-20(18-26)10-12-22)13-16-28(17-14-24)19-21-6-2-1-3-7-21;/h1-3,6-7,9-12H,4-5,8,13-19,26H2,(H,27,29);1H. The number of benzene rings is 2. The normalized spacial score (nSPS) is 15.9. The van der Waals surface area contributed by atoms with Crippen molar-refractivity contribution in [1.82, 2.24) is 10.2 Å². The Balaban J connectivity index is 0.00000320. The van der Waals surface area contributed by atoms with E-state index >= 15 is 0 Å². The molecule has 1 aliphatic heterocycles. The average Bonchev–Trinajstić information content (AvgIpc) is 2.76. The summed E-state index contributed by atoms with van der Waals surface area (Å²) in [6.07, 6.45) is 4.05. The van der Waals surface area contributed by atoms with Crippen molar-refractivity contribution in [3.05, 3.63) is 71.3 Å². The van der Waals surface area contributed by atoms with Gasteiger partial charge in [0, 0.05) is 38.5 Å². The van der Waals surface area contributed by atoms with Crippen molar-refractivity contribution in [2.24, 2.45) is 5.73 Å². The number of amides is 1. The molecule has 1 heterocycles. The first-order chi connectivity index (χ1) is 14.1. The number of carbonyl (C=O) groups excluding carboxylic acids is 1. The molecule has 0 bridgehead atoms. The predicted molar refractivity (Wildman–Crippen MR) is 127 cm³/mol. The molecule has 0 aromatic heterocycles. The summed E-state index contributed by atoms with van der Waals surface area (Å²) in [7, 11) is 0. The van der Waals surface area contributed by atoms with Gasteiger partial charge in [-0.05, 0) is 42.4 Å². The van der Waals surface area contributed by atoms with Gasteiger partial charge in [-0.15, -0.1) is 24.0 Å². The van der Waals surface area contributed by atoms with E-state index in [1.807, 2.05) is 0 Å². The minimum absolute atomic E-state index is 0. The van der Waals surface area contributed by atoms with E-state index in [9.17, 15) is 4.79 Å². The lowest BCUT2D eigenvalue weighted by atomic mass is 9.80. The molecule has 2 aromatic carbocycles. The lowest BCUT2D eigenvalue weighted by Gasteiger charge is -2.43. The zero-order chi connectivity index (χ0) is 20.5. The summed E-state index contributed by atoms with van der Waals surface area (Å²) < 4.78 is 0. The number of unbranched alkanes of at least 4 members (excludes halogenated alkanes) is 1. The topological polar surface area (TPSA) is 58.4 Å². The number of nitrogens with zero attached hydrogens (tertiary/aromatic N) is 1. The van der Waals surface area contributed by atoms with Gasteiger partial charge in [-0.2, -0.15) is 0 Å². The molecule has 1 fully saturated rings. The van der Waals surface area contributed by atoms with Crippen LogP contribution in [0, 0.1) is 0 Å². The molecule has 1 amide bonds. The third-order valence-corrected chi connectivity index (χ3v) is 6.13. The van der Waals surface area contributed by atoms with Gasteiger partial charge in [0.2, 0.25) is 5.91 Å². The van der Waals surface area contributed by atoms with Crippen molar-refractivity contribution in [3.63, 3.8) is 0 Å². The van der Waals surface area contributed by atoms with Crippen LogP contribution in [-0.4, -0.2) is 29.8 Å². The van der Waals surface area contributed by atoms with Crippen LogP contribution in [0.15, 0.2) is 54.6 Å². The average molecular weight is 450 g/mol. The Bertz CT molecular complexity index is 760. The van der Waals surface area contributed by atoms with Gasteiger partial charge in [-0.3, -0.25) is 9.69 Å². The van der Waals surface area contributed by atoms with Gasteiger partial charge in [0.1, 0.15) is 0 Å². The van der Waals surface area contributed by atoms with Crippen molar-refractivity contribution in [2.45, 2.75) is 50.7 Å².